The van der Waals surface area contributed by atoms with Gasteiger partial charge in [-0.25, -0.2) is 8.78 Å². The van der Waals surface area contributed by atoms with Crippen molar-refractivity contribution >= 4 is 5.91 Å². The van der Waals surface area contributed by atoms with Gasteiger partial charge in [-0.1, -0.05) is 0 Å². The molecule has 0 N–H and O–H groups in total. The number of carbonyl (C=O) groups excluding carboxylic acids is 1. The fourth-order valence-corrected chi connectivity index (χ4v) is 4.29. The number of hydrogen-bond acceptors (Lipinski definition) is 3. The number of ether oxygens (including phenoxy) is 2. The fraction of sp³-hybridized carbons (Fsp3) is 0.941. The first-order valence-electron chi connectivity index (χ1n) is 8.78. The molecular formula is C17H27F2NO3. The first-order chi connectivity index (χ1) is 11.0. The van der Waals surface area contributed by atoms with Crippen LogP contribution in [0.2, 0.25) is 0 Å². The molecule has 3 fully saturated rings. The van der Waals surface area contributed by atoms with Crippen LogP contribution in [-0.4, -0.2) is 56.2 Å². The van der Waals surface area contributed by atoms with Crippen LogP contribution >= 0.6 is 0 Å². The minimum atomic E-state index is -2.62. The number of amides is 1. The number of piperidine rings is 1. The van der Waals surface area contributed by atoms with E-state index in [4.69, 9.17) is 9.47 Å². The van der Waals surface area contributed by atoms with Crippen molar-refractivity contribution in [2.45, 2.75) is 45.0 Å². The van der Waals surface area contributed by atoms with E-state index in [1.165, 1.54) is 0 Å². The van der Waals surface area contributed by atoms with Crippen LogP contribution in [0, 0.1) is 17.3 Å². The molecule has 0 radical (unpaired) electrons. The largest absolute Gasteiger partial charge is 0.381 e. The first-order valence-corrected chi connectivity index (χ1v) is 8.78. The zero-order valence-electron chi connectivity index (χ0n) is 13.9. The molecule has 2 saturated heterocycles. The van der Waals surface area contributed by atoms with E-state index in [1.54, 1.807) is 4.90 Å². The minimum absolute atomic E-state index is 0.0702. The second kappa shape index (κ2) is 6.63. The number of alkyl halides is 2. The summed E-state index contributed by atoms with van der Waals surface area (Å²) in [5, 5.41) is 0. The molecule has 1 amide bonds. The van der Waals surface area contributed by atoms with E-state index < -0.39 is 11.8 Å². The van der Waals surface area contributed by atoms with Crippen molar-refractivity contribution in [3.05, 3.63) is 0 Å². The molecule has 0 aromatic rings. The maximum atomic E-state index is 13.0. The van der Waals surface area contributed by atoms with E-state index in [-0.39, 0.29) is 24.2 Å². The van der Waals surface area contributed by atoms with Gasteiger partial charge in [0.1, 0.15) is 0 Å². The topological polar surface area (TPSA) is 38.8 Å². The quantitative estimate of drug-likeness (QED) is 0.795. The van der Waals surface area contributed by atoms with Gasteiger partial charge in [0.25, 0.3) is 0 Å². The lowest BCUT2D eigenvalue weighted by molar-refractivity contribution is -0.164. The molecule has 1 atom stereocenters. The van der Waals surface area contributed by atoms with E-state index in [1.807, 2.05) is 6.92 Å². The average Bonchev–Trinajstić information content (AvgIpc) is 2.52. The van der Waals surface area contributed by atoms with Crippen molar-refractivity contribution in [2.75, 3.05) is 39.5 Å². The van der Waals surface area contributed by atoms with Crippen molar-refractivity contribution < 1.29 is 23.0 Å². The van der Waals surface area contributed by atoms with E-state index >= 15 is 0 Å². The Balaban J connectivity index is 1.55. The maximum Gasteiger partial charge on any atom is 0.249 e. The SMILES string of the molecule is CCOCC1COCCC12CCN(C(=O)C1CC(F)(F)C1)CC2. The highest BCUT2D eigenvalue weighted by Gasteiger charge is 2.51. The van der Waals surface area contributed by atoms with E-state index in [0.717, 1.165) is 32.5 Å². The number of halogens is 2. The van der Waals surface area contributed by atoms with Crippen LogP contribution < -0.4 is 0 Å². The average molecular weight is 331 g/mol. The first kappa shape index (κ1) is 17.1. The maximum absolute atomic E-state index is 13.0. The van der Waals surface area contributed by atoms with Gasteiger partial charge < -0.3 is 14.4 Å². The molecule has 0 aromatic heterocycles. The zero-order chi connectivity index (χ0) is 16.5. The number of nitrogens with zero attached hydrogens (tertiary/aromatic N) is 1. The van der Waals surface area contributed by atoms with Gasteiger partial charge in [0.15, 0.2) is 0 Å². The molecule has 1 saturated carbocycles. The summed E-state index contributed by atoms with van der Waals surface area (Å²) in [6.07, 6.45) is 2.34. The lowest BCUT2D eigenvalue weighted by atomic mass is 9.66. The minimum Gasteiger partial charge on any atom is -0.381 e. The Morgan fingerprint density at radius 2 is 1.96 bits per heavy atom. The standard InChI is InChI=1S/C17H27F2NO3/c1-2-22-11-14-12-23-8-5-16(14)3-6-20(7-4-16)15(21)13-9-17(18,19)10-13/h13-14H,2-12H2,1H3. The van der Waals surface area contributed by atoms with Crippen molar-refractivity contribution in [3.63, 3.8) is 0 Å². The Hall–Kier alpha value is -0.750. The van der Waals surface area contributed by atoms with Gasteiger partial charge >= 0.3 is 0 Å². The Morgan fingerprint density at radius 3 is 2.57 bits per heavy atom. The summed E-state index contributed by atoms with van der Waals surface area (Å²) in [5.41, 5.74) is 0.188. The molecule has 1 unspecified atom stereocenters. The smallest absolute Gasteiger partial charge is 0.249 e. The second-order valence-corrected chi connectivity index (χ2v) is 7.33. The van der Waals surface area contributed by atoms with Gasteiger partial charge in [0.05, 0.1) is 13.2 Å². The van der Waals surface area contributed by atoms with Crippen LogP contribution in [0.15, 0.2) is 0 Å². The van der Waals surface area contributed by atoms with Gasteiger partial charge in [-0.15, -0.1) is 0 Å². The molecule has 4 nitrogen and oxygen atoms in total. The second-order valence-electron chi connectivity index (χ2n) is 7.33. The molecule has 3 rings (SSSR count). The van der Waals surface area contributed by atoms with Crippen LogP contribution in [-0.2, 0) is 14.3 Å². The summed E-state index contributed by atoms with van der Waals surface area (Å²) >= 11 is 0. The molecule has 23 heavy (non-hydrogen) atoms. The van der Waals surface area contributed by atoms with E-state index in [0.29, 0.717) is 32.2 Å². The Bertz CT molecular complexity index is 428. The van der Waals surface area contributed by atoms with Crippen molar-refractivity contribution in [3.8, 4) is 0 Å². The summed E-state index contributed by atoms with van der Waals surface area (Å²) in [4.78, 5) is 14.1. The summed E-state index contributed by atoms with van der Waals surface area (Å²) < 4.78 is 37.2. The van der Waals surface area contributed by atoms with Crippen LogP contribution in [0.4, 0.5) is 8.78 Å². The van der Waals surface area contributed by atoms with Crippen LogP contribution in [0.3, 0.4) is 0 Å². The lowest BCUT2D eigenvalue weighted by Crippen LogP contribution is -2.53. The summed E-state index contributed by atoms with van der Waals surface area (Å²) in [6, 6.07) is 0. The number of carbonyl (C=O) groups is 1. The summed E-state index contributed by atoms with van der Waals surface area (Å²) in [7, 11) is 0. The highest BCUT2D eigenvalue weighted by atomic mass is 19.3. The highest BCUT2D eigenvalue weighted by Crippen LogP contribution is 2.47. The molecule has 2 aliphatic heterocycles. The van der Waals surface area contributed by atoms with E-state index in [9.17, 15) is 13.6 Å². The molecule has 6 heteroatoms. The highest BCUT2D eigenvalue weighted by molar-refractivity contribution is 5.80. The predicted octanol–water partition coefficient (Wildman–Crippen LogP) is 2.71. The molecule has 1 spiro atoms. The zero-order valence-corrected chi connectivity index (χ0v) is 13.9. The van der Waals surface area contributed by atoms with Crippen molar-refractivity contribution in [1.29, 1.82) is 0 Å². The third-order valence-electron chi connectivity index (χ3n) is 5.96. The van der Waals surface area contributed by atoms with Crippen molar-refractivity contribution in [2.24, 2.45) is 17.3 Å². The molecule has 3 aliphatic rings. The van der Waals surface area contributed by atoms with Crippen LogP contribution in [0.5, 0.6) is 0 Å². The number of likely N-dealkylation sites (tertiary alicyclic amines) is 1. The van der Waals surface area contributed by atoms with Gasteiger partial charge in [-0.2, -0.15) is 0 Å². The van der Waals surface area contributed by atoms with Gasteiger partial charge in [0.2, 0.25) is 11.8 Å². The normalized spacial score (nSPS) is 30.2. The van der Waals surface area contributed by atoms with E-state index in [2.05, 4.69) is 0 Å². The summed E-state index contributed by atoms with van der Waals surface area (Å²) in [5.74, 6) is -2.78. The van der Waals surface area contributed by atoms with Gasteiger partial charge in [-0.05, 0) is 31.6 Å². The molecule has 0 aromatic carbocycles. The Labute approximate surface area is 136 Å². The monoisotopic (exact) mass is 331 g/mol. The molecule has 2 heterocycles. The van der Waals surface area contributed by atoms with Crippen molar-refractivity contribution in [1.82, 2.24) is 4.90 Å². The van der Waals surface area contributed by atoms with Crippen LogP contribution in [0.1, 0.15) is 39.0 Å². The lowest BCUT2D eigenvalue weighted by Gasteiger charge is -2.50. The number of rotatable bonds is 4. The Kier molecular flexibility index (Phi) is 4.93. The molecule has 1 aliphatic carbocycles. The molecular weight excluding hydrogens is 304 g/mol. The molecule has 132 valence electrons. The van der Waals surface area contributed by atoms with Gasteiger partial charge in [0, 0.05) is 51.0 Å². The summed E-state index contributed by atoms with van der Waals surface area (Å²) in [6.45, 7) is 6.26. The van der Waals surface area contributed by atoms with Crippen LogP contribution in [0.25, 0.3) is 0 Å². The molecule has 0 bridgehead atoms. The predicted molar refractivity (Wildman–Crippen MR) is 81.3 cm³/mol. The third-order valence-corrected chi connectivity index (χ3v) is 5.96. The Morgan fingerprint density at radius 1 is 1.26 bits per heavy atom. The number of hydrogen-bond donors (Lipinski definition) is 0. The fourth-order valence-electron chi connectivity index (χ4n) is 4.29. The third kappa shape index (κ3) is 3.53. The van der Waals surface area contributed by atoms with Gasteiger partial charge in [-0.3, -0.25) is 4.79 Å².